The van der Waals surface area contributed by atoms with Crippen LogP contribution in [-0.4, -0.2) is 31.2 Å². The quantitative estimate of drug-likeness (QED) is 0.273. The van der Waals surface area contributed by atoms with Crippen molar-refractivity contribution in [2.75, 3.05) is 12.3 Å². The van der Waals surface area contributed by atoms with Gasteiger partial charge in [-0.2, -0.15) is 0 Å². The van der Waals surface area contributed by atoms with Gasteiger partial charge in [0, 0.05) is 6.54 Å². The minimum atomic E-state index is -4.23. The number of hydrogen-bond donors (Lipinski definition) is 1. The predicted octanol–water partition coefficient (Wildman–Crippen LogP) is -4.16. The molecule has 0 heterocycles. The molecule has 0 radical (unpaired) electrons. The summed E-state index contributed by atoms with van der Waals surface area (Å²) in [5, 5.41) is 2.15. The van der Waals surface area contributed by atoms with Crippen LogP contribution in [0.15, 0.2) is 12.7 Å². The fourth-order valence-corrected chi connectivity index (χ4v) is 0.723. The molecule has 0 aromatic carbocycles. The Morgan fingerprint density at radius 3 is 2.42 bits per heavy atom. The molecule has 64 valence electrons. The molecular weight excluding hydrogens is 177 g/mol. The van der Waals surface area contributed by atoms with Gasteiger partial charge < -0.3 is 9.87 Å². The van der Waals surface area contributed by atoms with Crippen LogP contribution in [0.3, 0.4) is 0 Å². The van der Waals surface area contributed by atoms with Gasteiger partial charge >= 0.3 is 18.9 Å². The van der Waals surface area contributed by atoms with E-state index in [9.17, 15) is 17.8 Å². The van der Waals surface area contributed by atoms with Gasteiger partial charge in [0.25, 0.3) is 0 Å². The van der Waals surface area contributed by atoms with Crippen LogP contribution in [0.4, 0.5) is 0 Å². The number of hydrogen-bond acceptors (Lipinski definition) is 4. The zero-order chi connectivity index (χ0) is 8.91. The van der Waals surface area contributed by atoms with Gasteiger partial charge in [0.15, 0.2) is 0 Å². The fourth-order valence-electron chi connectivity index (χ4n) is 0.371. The van der Waals surface area contributed by atoms with Gasteiger partial charge in [-0.05, 0) is 6.08 Å². The van der Waals surface area contributed by atoms with Crippen LogP contribution >= 0.6 is 0 Å². The molecule has 1 N–H and O–H groups in total. The van der Waals surface area contributed by atoms with E-state index in [2.05, 4.69) is 11.9 Å². The summed E-state index contributed by atoms with van der Waals surface area (Å²) in [7, 11) is -4.23. The van der Waals surface area contributed by atoms with Crippen molar-refractivity contribution in [1.29, 1.82) is 0 Å². The SMILES string of the molecule is C=CC(=O)NCCS(=O)(=O)[O-].[Li+]. The van der Waals surface area contributed by atoms with Crippen LogP contribution < -0.4 is 24.2 Å². The summed E-state index contributed by atoms with van der Waals surface area (Å²) in [5.41, 5.74) is 0. The third-order valence-corrected chi connectivity index (χ3v) is 1.54. The Morgan fingerprint density at radius 2 is 2.08 bits per heavy atom. The van der Waals surface area contributed by atoms with E-state index < -0.39 is 21.8 Å². The second kappa shape index (κ2) is 6.26. The van der Waals surface area contributed by atoms with Crippen LogP contribution in [0.25, 0.3) is 0 Å². The first-order valence-corrected chi connectivity index (χ1v) is 4.37. The summed E-state index contributed by atoms with van der Waals surface area (Å²) in [4.78, 5) is 10.4. The standard InChI is InChI=1S/C5H9NO4S.Li/c1-2-5(7)6-3-4-11(8,9)10;/h2H,1,3-4H2,(H,6,7)(H,8,9,10);/q;+1/p-1. The Hall–Kier alpha value is -0.283. The maximum Gasteiger partial charge on any atom is 1.00 e. The molecule has 0 aliphatic rings. The second-order valence-electron chi connectivity index (χ2n) is 1.76. The molecule has 0 saturated carbocycles. The van der Waals surface area contributed by atoms with Gasteiger partial charge in [-0.15, -0.1) is 0 Å². The van der Waals surface area contributed by atoms with E-state index in [1.165, 1.54) is 0 Å². The molecule has 0 aliphatic heterocycles. The van der Waals surface area contributed by atoms with Crippen LogP contribution in [0, 0.1) is 0 Å². The molecule has 1 amide bonds. The van der Waals surface area contributed by atoms with Crippen molar-refractivity contribution in [3.05, 3.63) is 12.7 Å². The minimum absolute atomic E-state index is 0. The molecular formula is C5H8LiNO4S. The van der Waals surface area contributed by atoms with Crippen molar-refractivity contribution >= 4 is 16.0 Å². The van der Waals surface area contributed by atoms with E-state index in [1.807, 2.05) is 0 Å². The van der Waals surface area contributed by atoms with Gasteiger partial charge in [0.2, 0.25) is 5.91 Å². The van der Waals surface area contributed by atoms with Gasteiger partial charge in [0.05, 0.1) is 15.9 Å². The summed E-state index contributed by atoms with van der Waals surface area (Å²) in [6.07, 6.45) is 0.997. The Labute approximate surface area is 83.1 Å². The molecule has 12 heavy (non-hydrogen) atoms. The summed E-state index contributed by atoms with van der Waals surface area (Å²) < 4.78 is 29.9. The largest absolute Gasteiger partial charge is 1.00 e. The van der Waals surface area contributed by atoms with Crippen LogP contribution in [-0.2, 0) is 14.9 Å². The first-order chi connectivity index (χ1) is 4.95. The fraction of sp³-hybridized carbons (Fsp3) is 0.400. The Bertz CT molecular complexity index is 248. The smallest absolute Gasteiger partial charge is 0.748 e. The van der Waals surface area contributed by atoms with E-state index in [0.717, 1.165) is 6.08 Å². The molecule has 0 rings (SSSR count). The van der Waals surface area contributed by atoms with E-state index in [0.29, 0.717) is 0 Å². The third kappa shape index (κ3) is 9.72. The Morgan fingerprint density at radius 1 is 1.58 bits per heavy atom. The zero-order valence-corrected chi connectivity index (χ0v) is 7.56. The Kier molecular flexibility index (Phi) is 7.43. The van der Waals surface area contributed by atoms with Crippen molar-refractivity contribution in [3.8, 4) is 0 Å². The molecule has 0 bridgehead atoms. The van der Waals surface area contributed by atoms with Gasteiger partial charge in [-0.1, -0.05) is 6.58 Å². The van der Waals surface area contributed by atoms with Crippen LogP contribution in [0.1, 0.15) is 0 Å². The molecule has 0 unspecified atom stereocenters. The van der Waals surface area contributed by atoms with E-state index in [-0.39, 0.29) is 25.4 Å². The number of nitrogens with one attached hydrogen (secondary N) is 1. The first kappa shape index (κ1) is 14.3. The van der Waals surface area contributed by atoms with E-state index in [1.54, 1.807) is 0 Å². The van der Waals surface area contributed by atoms with Crippen molar-refractivity contribution < 1.29 is 36.6 Å². The number of carbonyl (C=O) groups is 1. The molecule has 0 saturated heterocycles. The first-order valence-electron chi connectivity index (χ1n) is 2.79. The molecule has 0 aromatic rings. The van der Waals surface area contributed by atoms with E-state index in [4.69, 9.17) is 0 Å². The second-order valence-corrected chi connectivity index (χ2v) is 3.28. The third-order valence-electron chi connectivity index (χ3n) is 0.837. The van der Waals surface area contributed by atoms with Crippen molar-refractivity contribution in [2.24, 2.45) is 0 Å². The molecule has 0 aromatic heterocycles. The summed E-state index contributed by atoms with van der Waals surface area (Å²) in [6, 6.07) is 0. The maximum absolute atomic E-state index is 10.4. The predicted molar refractivity (Wildman–Crippen MR) is 37.8 cm³/mol. The van der Waals surface area contributed by atoms with Crippen LogP contribution in [0.5, 0.6) is 0 Å². The number of rotatable bonds is 4. The van der Waals surface area contributed by atoms with Crippen molar-refractivity contribution in [2.45, 2.75) is 0 Å². The van der Waals surface area contributed by atoms with Crippen LogP contribution in [0.2, 0.25) is 0 Å². The average Bonchev–Trinajstić information content (AvgIpc) is 1.85. The van der Waals surface area contributed by atoms with Crippen molar-refractivity contribution in [3.63, 3.8) is 0 Å². The van der Waals surface area contributed by atoms with E-state index >= 15 is 0 Å². The van der Waals surface area contributed by atoms with Gasteiger partial charge in [-0.25, -0.2) is 8.42 Å². The molecule has 7 heteroatoms. The number of amides is 1. The molecule has 0 atom stereocenters. The monoisotopic (exact) mass is 185 g/mol. The number of carbonyl (C=O) groups excluding carboxylic acids is 1. The maximum atomic E-state index is 10.4. The van der Waals surface area contributed by atoms with Crippen molar-refractivity contribution in [1.82, 2.24) is 5.32 Å². The molecule has 0 fully saturated rings. The zero-order valence-electron chi connectivity index (χ0n) is 6.74. The van der Waals surface area contributed by atoms with Gasteiger partial charge in [-0.3, -0.25) is 4.79 Å². The topological polar surface area (TPSA) is 86.3 Å². The molecule has 0 spiro atoms. The average molecular weight is 185 g/mol. The van der Waals surface area contributed by atoms with Gasteiger partial charge in [0.1, 0.15) is 0 Å². The summed E-state index contributed by atoms with van der Waals surface area (Å²) in [6.45, 7) is 2.97. The molecule has 5 nitrogen and oxygen atoms in total. The molecule has 0 aliphatic carbocycles. The summed E-state index contributed by atoms with van der Waals surface area (Å²) >= 11 is 0. The Balaban J connectivity index is 0. The normalized spacial score (nSPS) is 9.75. The minimum Gasteiger partial charge on any atom is -0.748 e. The summed E-state index contributed by atoms with van der Waals surface area (Å²) in [5.74, 6) is -1.08.